The molecule has 1 aromatic rings. The average Bonchev–Trinajstić information content (AvgIpc) is 2.48. The van der Waals surface area contributed by atoms with Crippen LogP contribution in [0.3, 0.4) is 0 Å². The molecule has 1 saturated heterocycles. The van der Waals surface area contributed by atoms with Crippen molar-refractivity contribution in [3.63, 3.8) is 0 Å². The molecule has 2 rings (SSSR count). The number of nitrogens with zero attached hydrogens (tertiary/aromatic N) is 3. The van der Waals surface area contributed by atoms with Gasteiger partial charge in [0.05, 0.1) is 10.5 Å². The standard InChI is InChI=1S/C14H14FN3O4/c1-8-13(19)17(3)12(14(20)16(8)2)7-9-10(15)5-4-6-11(9)18(21)22/h4-8H,1-3H3. The molecule has 0 bridgehead atoms. The topological polar surface area (TPSA) is 83.8 Å². The molecular weight excluding hydrogens is 293 g/mol. The summed E-state index contributed by atoms with van der Waals surface area (Å²) in [5.74, 6) is -1.70. The summed E-state index contributed by atoms with van der Waals surface area (Å²) in [7, 11) is 2.82. The normalized spacial score (nSPS) is 20.7. The Labute approximate surface area is 125 Å². The fraction of sp³-hybridized carbons (Fsp3) is 0.286. The second-order valence-electron chi connectivity index (χ2n) is 4.95. The van der Waals surface area contributed by atoms with Gasteiger partial charge in [-0.25, -0.2) is 4.39 Å². The fourth-order valence-electron chi connectivity index (χ4n) is 2.19. The molecule has 1 aliphatic heterocycles. The maximum Gasteiger partial charge on any atom is 0.279 e. The zero-order chi connectivity index (χ0) is 16.6. The first-order chi connectivity index (χ1) is 10.3. The molecule has 1 aromatic carbocycles. The van der Waals surface area contributed by atoms with E-state index in [1.54, 1.807) is 6.92 Å². The first kappa shape index (κ1) is 15.6. The summed E-state index contributed by atoms with van der Waals surface area (Å²) in [5, 5.41) is 11.0. The summed E-state index contributed by atoms with van der Waals surface area (Å²) >= 11 is 0. The van der Waals surface area contributed by atoms with Crippen molar-refractivity contribution in [2.75, 3.05) is 14.1 Å². The number of amides is 2. The van der Waals surface area contributed by atoms with E-state index in [0.717, 1.165) is 23.1 Å². The number of nitro benzene ring substituents is 1. The van der Waals surface area contributed by atoms with Crippen LogP contribution in [0.25, 0.3) is 6.08 Å². The van der Waals surface area contributed by atoms with Crippen LogP contribution in [0.15, 0.2) is 23.9 Å². The number of hydrogen-bond donors (Lipinski definition) is 0. The minimum absolute atomic E-state index is 0.112. The molecule has 1 atom stereocenters. The van der Waals surface area contributed by atoms with Gasteiger partial charge in [0.1, 0.15) is 17.6 Å². The molecule has 0 aliphatic carbocycles. The maximum atomic E-state index is 13.9. The zero-order valence-corrected chi connectivity index (χ0v) is 12.2. The molecule has 0 aromatic heterocycles. The molecule has 2 amide bonds. The number of carbonyl (C=O) groups is 2. The summed E-state index contributed by atoms with van der Waals surface area (Å²) < 4.78 is 13.9. The zero-order valence-electron chi connectivity index (χ0n) is 12.2. The van der Waals surface area contributed by atoms with Crippen LogP contribution < -0.4 is 0 Å². The molecule has 8 heteroatoms. The van der Waals surface area contributed by atoms with Crippen molar-refractivity contribution in [3.05, 3.63) is 45.4 Å². The lowest BCUT2D eigenvalue weighted by atomic mass is 10.1. The van der Waals surface area contributed by atoms with E-state index in [-0.39, 0.29) is 17.2 Å². The Hall–Kier alpha value is -2.77. The summed E-state index contributed by atoms with van der Waals surface area (Å²) in [6.07, 6.45) is 1.04. The molecule has 1 heterocycles. The van der Waals surface area contributed by atoms with E-state index in [1.165, 1.54) is 25.1 Å². The minimum atomic E-state index is -0.836. The van der Waals surface area contributed by atoms with Crippen molar-refractivity contribution in [1.29, 1.82) is 0 Å². The van der Waals surface area contributed by atoms with E-state index in [1.807, 2.05) is 0 Å². The first-order valence-electron chi connectivity index (χ1n) is 6.45. The van der Waals surface area contributed by atoms with Crippen LogP contribution in [0, 0.1) is 15.9 Å². The Morgan fingerprint density at radius 2 is 1.95 bits per heavy atom. The summed E-state index contributed by atoms with van der Waals surface area (Å²) in [6.45, 7) is 1.57. The third kappa shape index (κ3) is 2.43. The quantitative estimate of drug-likeness (QED) is 0.469. The highest BCUT2D eigenvalue weighted by Gasteiger charge is 2.37. The highest BCUT2D eigenvalue weighted by atomic mass is 19.1. The molecule has 0 N–H and O–H groups in total. The smallest absolute Gasteiger partial charge is 0.279 e. The van der Waals surface area contributed by atoms with Gasteiger partial charge in [0.15, 0.2) is 0 Å². The molecule has 1 fully saturated rings. The predicted molar refractivity (Wildman–Crippen MR) is 76.0 cm³/mol. The van der Waals surface area contributed by atoms with Gasteiger partial charge in [-0.3, -0.25) is 19.7 Å². The van der Waals surface area contributed by atoms with Gasteiger partial charge in [-0.15, -0.1) is 0 Å². The van der Waals surface area contributed by atoms with Gasteiger partial charge in [-0.2, -0.15) is 0 Å². The van der Waals surface area contributed by atoms with Crippen molar-refractivity contribution in [2.45, 2.75) is 13.0 Å². The molecule has 1 aliphatic rings. The number of likely N-dealkylation sites (N-methyl/N-ethyl adjacent to an activating group) is 2. The Kier molecular flexibility index (Phi) is 3.94. The first-order valence-corrected chi connectivity index (χ1v) is 6.45. The van der Waals surface area contributed by atoms with E-state index in [4.69, 9.17) is 0 Å². The number of piperazine rings is 1. The molecule has 0 radical (unpaired) electrons. The van der Waals surface area contributed by atoms with Gasteiger partial charge in [0.25, 0.3) is 11.6 Å². The molecule has 116 valence electrons. The van der Waals surface area contributed by atoms with Crippen LogP contribution in [0.4, 0.5) is 10.1 Å². The number of rotatable bonds is 2. The van der Waals surface area contributed by atoms with Crippen LogP contribution in [-0.2, 0) is 9.59 Å². The molecule has 1 unspecified atom stereocenters. The van der Waals surface area contributed by atoms with Gasteiger partial charge in [-0.1, -0.05) is 6.07 Å². The lowest BCUT2D eigenvalue weighted by molar-refractivity contribution is -0.385. The number of hydrogen-bond acceptors (Lipinski definition) is 4. The second kappa shape index (κ2) is 5.55. The average molecular weight is 307 g/mol. The number of nitro groups is 1. The fourth-order valence-corrected chi connectivity index (χ4v) is 2.19. The van der Waals surface area contributed by atoms with Crippen LogP contribution in [0.1, 0.15) is 12.5 Å². The Morgan fingerprint density at radius 3 is 2.55 bits per heavy atom. The molecule has 7 nitrogen and oxygen atoms in total. The van der Waals surface area contributed by atoms with Gasteiger partial charge < -0.3 is 9.80 Å². The van der Waals surface area contributed by atoms with Gasteiger partial charge >= 0.3 is 0 Å². The maximum absolute atomic E-state index is 13.9. The van der Waals surface area contributed by atoms with E-state index in [9.17, 15) is 24.1 Å². The molecule has 0 spiro atoms. The Balaban J connectivity index is 2.60. The van der Waals surface area contributed by atoms with E-state index in [2.05, 4.69) is 0 Å². The lowest BCUT2D eigenvalue weighted by Crippen LogP contribution is -2.54. The van der Waals surface area contributed by atoms with Gasteiger partial charge in [0, 0.05) is 20.2 Å². The monoisotopic (exact) mass is 307 g/mol. The highest BCUT2D eigenvalue weighted by molar-refractivity contribution is 6.07. The highest BCUT2D eigenvalue weighted by Crippen LogP contribution is 2.27. The SMILES string of the molecule is CC1C(=O)N(C)C(=Cc2c(F)cccc2[N+](=O)[O-])C(=O)N1C. The van der Waals surface area contributed by atoms with Crippen molar-refractivity contribution < 1.29 is 18.9 Å². The molecular formula is C14H14FN3O4. The summed E-state index contributed by atoms with van der Waals surface area (Å²) in [5.41, 5.74) is -0.917. The molecule has 0 saturated carbocycles. The van der Waals surface area contributed by atoms with Crippen LogP contribution in [0.2, 0.25) is 0 Å². The third-order valence-electron chi connectivity index (χ3n) is 3.68. The Morgan fingerprint density at radius 1 is 1.32 bits per heavy atom. The predicted octanol–water partition coefficient (Wildman–Crippen LogP) is 1.39. The number of benzene rings is 1. The number of carbonyl (C=O) groups excluding carboxylic acids is 2. The van der Waals surface area contributed by atoms with Crippen molar-refractivity contribution in [3.8, 4) is 0 Å². The van der Waals surface area contributed by atoms with Crippen molar-refractivity contribution >= 4 is 23.6 Å². The van der Waals surface area contributed by atoms with Crippen LogP contribution in [-0.4, -0.2) is 46.7 Å². The summed E-state index contributed by atoms with van der Waals surface area (Å²) in [4.78, 5) is 36.9. The van der Waals surface area contributed by atoms with Crippen molar-refractivity contribution in [2.24, 2.45) is 0 Å². The lowest BCUT2D eigenvalue weighted by Gasteiger charge is -2.36. The number of halogens is 1. The molecule has 22 heavy (non-hydrogen) atoms. The van der Waals surface area contributed by atoms with Gasteiger partial charge in [0.2, 0.25) is 5.91 Å². The second-order valence-corrected chi connectivity index (χ2v) is 4.95. The van der Waals surface area contributed by atoms with Crippen molar-refractivity contribution in [1.82, 2.24) is 9.80 Å². The summed E-state index contributed by atoms with van der Waals surface area (Å²) in [6, 6.07) is 2.75. The largest absolute Gasteiger partial charge is 0.329 e. The third-order valence-corrected chi connectivity index (χ3v) is 3.68. The van der Waals surface area contributed by atoms with Gasteiger partial charge in [-0.05, 0) is 19.1 Å². The Bertz CT molecular complexity index is 701. The van der Waals surface area contributed by atoms with Crippen LogP contribution in [0.5, 0.6) is 0 Å². The van der Waals surface area contributed by atoms with Crippen LogP contribution >= 0.6 is 0 Å². The minimum Gasteiger partial charge on any atom is -0.329 e. The van der Waals surface area contributed by atoms with E-state index >= 15 is 0 Å². The van der Waals surface area contributed by atoms with E-state index in [0.29, 0.717) is 0 Å². The van der Waals surface area contributed by atoms with E-state index < -0.39 is 28.4 Å².